The Morgan fingerprint density at radius 1 is 1.19 bits per heavy atom. The molecule has 0 aromatic heterocycles. The van der Waals surface area contributed by atoms with Crippen LogP contribution in [0.1, 0.15) is 25.0 Å². The number of anilines is 1. The summed E-state index contributed by atoms with van der Waals surface area (Å²) in [4.78, 5) is 17.5. The van der Waals surface area contributed by atoms with E-state index in [1.54, 1.807) is 0 Å². The fourth-order valence-electron chi connectivity index (χ4n) is 1.53. The molecule has 0 aliphatic rings. The van der Waals surface area contributed by atoms with Crippen LogP contribution in [-0.4, -0.2) is 9.79 Å². The summed E-state index contributed by atoms with van der Waals surface area (Å²) in [5.41, 5.74) is 5.43. The minimum Gasteiger partial charge on any atom is -0.312 e. The molecule has 0 fully saturated rings. The van der Waals surface area contributed by atoms with Gasteiger partial charge in [0.25, 0.3) is 0 Å². The SMILES string of the molecule is CCc1cccc(CC)c1NNP(=O)(O)O. The second kappa shape index (κ2) is 5.46. The van der Waals surface area contributed by atoms with Crippen molar-refractivity contribution in [2.24, 2.45) is 0 Å². The number of hydrogen-bond acceptors (Lipinski definition) is 2. The zero-order valence-corrected chi connectivity index (χ0v) is 10.3. The van der Waals surface area contributed by atoms with Gasteiger partial charge in [0.15, 0.2) is 0 Å². The van der Waals surface area contributed by atoms with Gasteiger partial charge in [0.2, 0.25) is 0 Å². The predicted octanol–water partition coefficient (Wildman–Crippen LogP) is 1.82. The van der Waals surface area contributed by atoms with Gasteiger partial charge in [-0.15, -0.1) is 5.20 Å². The number of hydrogen-bond donors (Lipinski definition) is 4. The molecular formula is C10H17N2O3P. The first-order valence-electron chi connectivity index (χ1n) is 5.17. The van der Waals surface area contributed by atoms with Gasteiger partial charge < -0.3 is 15.2 Å². The van der Waals surface area contributed by atoms with Crippen molar-refractivity contribution in [1.29, 1.82) is 0 Å². The van der Waals surface area contributed by atoms with Crippen molar-refractivity contribution in [3.05, 3.63) is 29.3 Å². The number of hydrazine groups is 1. The van der Waals surface area contributed by atoms with Crippen LogP contribution in [0.25, 0.3) is 0 Å². The first kappa shape index (κ1) is 13.2. The van der Waals surface area contributed by atoms with E-state index in [4.69, 9.17) is 9.79 Å². The van der Waals surface area contributed by atoms with E-state index in [0.29, 0.717) is 0 Å². The fourth-order valence-corrected chi connectivity index (χ4v) is 1.79. The van der Waals surface area contributed by atoms with Crippen molar-refractivity contribution in [2.75, 3.05) is 5.43 Å². The second-order valence-corrected chi connectivity index (χ2v) is 4.75. The van der Waals surface area contributed by atoms with Crippen molar-refractivity contribution in [1.82, 2.24) is 5.20 Å². The third-order valence-electron chi connectivity index (χ3n) is 2.33. The van der Waals surface area contributed by atoms with E-state index in [0.717, 1.165) is 29.7 Å². The van der Waals surface area contributed by atoms with E-state index in [-0.39, 0.29) is 0 Å². The third kappa shape index (κ3) is 3.61. The molecule has 90 valence electrons. The quantitative estimate of drug-likeness (QED) is 0.469. The van der Waals surface area contributed by atoms with Crippen LogP contribution >= 0.6 is 7.75 Å². The second-order valence-electron chi connectivity index (χ2n) is 3.44. The predicted molar refractivity (Wildman–Crippen MR) is 64.0 cm³/mol. The summed E-state index contributed by atoms with van der Waals surface area (Å²) in [6.07, 6.45) is 1.61. The molecular weight excluding hydrogens is 227 g/mol. The molecule has 0 radical (unpaired) electrons. The smallest absolute Gasteiger partial charge is 0.312 e. The average molecular weight is 244 g/mol. The standard InChI is InChI=1S/C10H17N2O3P/c1-3-8-6-5-7-9(4-2)10(8)11-12-16(13,14)15/h5-7,11H,3-4H2,1-2H3,(H3,12,13,14,15). The largest absolute Gasteiger partial charge is 0.417 e. The first-order chi connectivity index (χ1) is 7.48. The highest BCUT2D eigenvalue weighted by molar-refractivity contribution is 7.49. The summed E-state index contributed by atoms with van der Waals surface area (Å²) in [7, 11) is -4.25. The topological polar surface area (TPSA) is 81.6 Å². The molecule has 1 aromatic carbocycles. The van der Waals surface area contributed by atoms with Gasteiger partial charge in [0, 0.05) is 0 Å². The molecule has 0 bridgehead atoms. The molecule has 0 saturated carbocycles. The molecule has 0 saturated heterocycles. The molecule has 5 nitrogen and oxygen atoms in total. The molecule has 0 spiro atoms. The average Bonchev–Trinajstić information content (AvgIpc) is 2.24. The third-order valence-corrected chi connectivity index (χ3v) is 2.73. The normalized spacial score (nSPS) is 11.5. The Balaban J connectivity index is 2.95. The summed E-state index contributed by atoms with van der Waals surface area (Å²) in [6.45, 7) is 3.99. The minimum absolute atomic E-state index is 0.760. The van der Waals surface area contributed by atoms with E-state index in [1.807, 2.05) is 37.2 Å². The van der Waals surface area contributed by atoms with Crippen LogP contribution in [0.15, 0.2) is 18.2 Å². The molecule has 0 heterocycles. The summed E-state index contributed by atoms with van der Waals surface area (Å²) in [5.74, 6) is 0. The lowest BCUT2D eigenvalue weighted by Crippen LogP contribution is -2.20. The Kier molecular flexibility index (Phi) is 4.50. The van der Waals surface area contributed by atoms with E-state index < -0.39 is 7.75 Å². The molecule has 6 heteroatoms. The minimum atomic E-state index is -4.25. The summed E-state index contributed by atoms with van der Waals surface area (Å²) in [5, 5.41) is 2.00. The van der Waals surface area contributed by atoms with Crippen LogP contribution < -0.4 is 10.6 Å². The van der Waals surface area contributed by atoms with Gasteiger partial charge in [-0.05, 0) is 24.0 Å². The van der Waals surface area contributed by atoms with Gasteiger partial charge in [-0.1, -0.05) is 32.0 Å². The lowest BCUT2D eigenvalue weighted by Gasteiger charge is -2.16. The zero-order valence-electron chi connectivity index (χ0n) is 9.40. The molecule has 0 aliphatic carbocycles. The van der Waals surface area contributed by atoms with Crippen molar-refractivity contribution in [2.45, 2.75) is 26.7 Å². The van der Waals surface area contributed by atoms with Gasteiger partial charge in [-0.2, -0.15) is 0 Å². The summed E-state index contributed by atoms with van der Waals surface area (Å²) < 4.78 is 10.7. The Morgan fingerprint density at radius 3 is 2.06 bits per heavy atom. The van der Waals surface area contributed by atoms with Gasteiger partial charge in [-0.25, -0.2) is 4.57 Å². The Bertz CT molecular complexity index is 381. The monoisotopic (exact) mass is 244 g/mol. The van der Waals surface area contributed by atoms with Crippen LogP contribution in [0.2, 0.25) is 0 Å². The number of para-hydroxylation sites is 1. The zero-order chi connectivity index (χ0) is 12.2. The molecule has 0 unspecified atom stereocenters. The number of rotatable bonds is 5. The van der Waals surface area contributed by atoms with E-state index >= 15 is 0 Å². The van der Waals surface area contributed by atoms with Crippen LogP contribution in [0.3, 0.4) is 0 Å². The number of aryl methyl sites for hydroxylation is 2. The van der Waals surface area contributed by atoms with E-state index in [9.17, 15) is 4.57 Å². The maximum atomic E-state index is 10.7. The molecule has 16 heavy (non-hydrogen) atoms. The highest BCUT2D eigenvalue weighted by Crippen LogP contribution is 2.30. The molecule has 0 aliphatic heterocycles. The molecule has 0 amide bonds. The summed E-state index contributed by atoms with van der Waals surface area (Å²) in [6, 6.07) is 5.81. The molecule has 1 aromatic rings. The lowest BCUT2D eigenvalue weighted by atomic mass is 10.0. The number of nitrogens with one attached hydrogen (secondary N) is 2. The van der Waals surface area contributed by atoms with Crippen LogP contribution in [0, 0.1) is 0 Å². The highest BCUT2D eigenvalue weighted by Gasteiger charge is 2.13. The van der Waals surface area contributed by atoms with Gasteiger partial charge in [-0.3, -0.25) is 0 Å². The first-order valence-corrected chi connectivity index (χ1v) is 6.78. The van der Waals surface area contributed by atoms with Crippen LogP contribution in [-0.2, 0) is 17.4 Å². The van der Waals surface area contributed by atoms with Crippen molar-refractivity contribution >= 4 is 13.4 Å². The van der Waals surface area contributed by atoms with Gasteiger partial charge in [0.1, 0.15) is 0 Å². The van der Waals surface area contributed by atoms with Crippen LogP contribution in [0.5, 0.6) is 0 Å². The maximum Gasteiger partial charge on any atom is 0.417 e. The lowest BCUT2D eigenvalue weighted by molar-refractivity contribution is 0.362. The van der Waals surface area contributed by atoms with Crippen molar-refractivity contribution in [3.63, 3.8) is 0 Å². The molecule has 1 rings (SSSR count). The van der Waals surface area contributed by atoms with Gasteiger partial charge in [0.05, 0.1) is 5.69 Å². The molecule has 0 atom stereocenters. The Morgan fingerprint density at radius 2 is 1.69 bits per heavy atom. The number of benzene rings is 1. The highest BCUT2D eigenvalue weighted by atomic mass is 31.2. The van der Waals surface area contributed by atoms with E-state index in [1.165, 1.54) is 0 Å². The van der Waals surface area contributed by atoms with Crippen molar-refractivity contribution < 1.29 is 14.4 Å². The van der Waals surface area contributed by atoms with Crippen molar-refractivity contribution in [3.8, 4) is 0 Å². The Labute approximate surface area is 95.1 Å². The van der Waals surface area contributed by atoms with Gasteiger partial charge >= 0.3 is 7.75 Å². The summed E-state index contributed by atoms with van der Waals surface area (Å²) >= 11 is 0. The Hall–Kier alpha value is -0.870. The fraction of sp³-hybridized carbons (Fsp3) is 0.400. The maximum absolute atomic E-state index is 10.7. The van der Waals surface area contributed by atoms with E-state index in [2.05, 4.69) is 5.43 Å². The van der Waals surface area contributed by atoms with Crippen LogP contribution in [0.4, 0.5) is 5.69 Å². The molecule has 4 N–H and O–H groups in total.